The van der Waals surface area contributed by atoms with Crippen LogP contribution in [0.5, 0.6) is 0 Å². The average molecular weight is 401 g/mol. The Balaban J connectivity index is 0. The molecule has 0 aliphatic rings. The van der Waals surface area contributed by atoms with E-state index in [-0.39, 0.29) is 30.9 Å². The summed E-state index contributed by atoms with van der Waals surface area (Å²) in [5.41, 5.74) is 15.2. The summed E-state index contributed by atoms with van der Waals surface area (Å²) in [5, 5.41) is 0.717. The number of halogens is 2. The fourth-order valence-corrected chi connectivity index (χ4v) is 1.94. The first-order valence-electron chi connectivity index (χ1n) is 6.88. The van der Waals surface area contributed by atoms with Crippen LogP contribution in [0.15, 0.2) is 36.4 Å². The van der Waals surface area contributed by atoms with Crippen molar-refractivity contribution in [1.29, 1.82) is 0 Å². The van der Waals surface area contributed by atoms with Crippen molar-refractivity contribution in [3.8, 4) is 0 Å². The van der Waals surface area contributed by atoms with Gasteiger partial charge < -0.3 is 36.3 Å². The first kappa shape index (κ1) is 24.6. The third-order valence-corrected chi connectivity index (χ3v) is 3.16. The molecular weight excluding hydrogens is 378 g/mol. The molecule has 0 radical (unpaired) electrons. The predicted octanol–water partition coefficient (Wildman–Crippen LogP) is -4.34. The molecule has 4 N–H and O–H groups in total. The minimum Gasteiger partial charge on any atom is -1.00 e. The summed E-state index contributed by atoms with van der Waals surface area (Å²) in [6.45, 7) is 4.46. The van der Waals surface area contributed by atoms with E-state index in [4.69, 9.17) is 11.5 Å². The molecule has 2 aromatic heterocycles. The van der Waals surface area contributed by atoms with Gasteiger partial charge in [0.15, 0.2) is 0 Å². The van der Waals surface area contributed by atoms with Crippen molar-refractivity contribution in [2.75, 3.05) is 6.54 Å². The number of aromatic nitrogens is 2. The molecule has 0 aromatic carbocycles. The Kier molecular flexibility index (Phi) is 14.6. The minimum absolute atomic E-state index is 0. The molecule has 0 fully saturated rings. The van der Waals surface area contributed by atoms with Crippen molar-refractivity contribution >= 4 is 0 Å². The van der Waals surface area contributed by atoms with Gasteiger partial charge in [-0.25, -0.2) is 0 Å². The SMILES string of the molecule is Cc1cccc(CC(N)CN)n1.Cc1cccc([CH2][Co+2])n1.[Cl-].[Cl-]. The Morgan fingerprint density at radius 3 is 1.83 bits per heavy atom. The van der Waals surface area contributed by atoms with Crippen LogP contribution in [-0.2, 0) is 27.5 Å². The number of aryl methyl sites for hydroxylation is 2. The summed E-state index contributed by atoms with van der Waals surface area (Å²) < 4.78 is 0. The fraction of sp³-hybridized carbons (Fsp3) is 0.375. The first-order valence-corrected chi connectivity index (χ1v) is 7.62. The molecule has 0 aliphatic heterocycles. The predicted molar refractivity (Wildman–Crippen MR) is 82.4 cm³/mol. The molecule has 0 amide bonds. The van der Waals surface area contributed by atoms with Crippen molar-refractivity contribution in [2.45, 2.75) is 31.7 Å². The molecular formula is C16H23Cl2CoN4. The van der Waals surface area contributed by atoms with Crippen LogP contribution in [-0.4, -0.2) is 22.6 Å². The standard InChI is InChI=1S/C9H15N3.C7H8N.2ClH.Co/c1-7-3-2-4-9(12-7)5-8(11)6-10;1-6-4-3-5-7(2)8-6;;;/h2-4,8H,5-6,10-11H2,1H3;3-5H,1H2,2H3;2*1H;/q;;;;+2/p-2. The van der Waals surface area contributed by atoms with Gasteiger partial charge in [-0.1, -0.05) is 6.07 Å². The molecule has 0 saturated heterocycles. The number of hydrogen-bond acceptors (Lipinski definition) is 4. The zero-order valence-electron chi connectivity index (χ0n) is 13.3. The Labute approximate surface area is 159 Å². The zero-order valence-corrected chi connectivity index (χ0v) is 15.9. The van der Waals surface area contributed by atoms with Crippen LogP contribution in [0.1, 0.15) is 22.8 Å². The van der Waals surface area contributed by atoms with E-state index in [0.717, 1.165) is 29.2 Å². The van der Waals surface area contributed by atoms with Crippen LogP contribution in [0.25, 0.3) is 0 Å². The average Bonchev–Trinajstić information content (AvgIpc) is 2.47. The van der Waals surface area contributed by atoms with Crippen LogP contribution in [0.3, 0.4) is 0 Å². The summed E-state index contributed by atoms with van der Waals surface area (Å²) in [5.74, 6) is 0. The van der Waals surface area contributed by atoms with E-state index in [1.54, 1.807) is 0 Å². The molecule has 4 nitrogen and oxygen atoms in total. The second-order valence-electron chi connectivity index (χ2n) is 4.86. The Bertz CT molecular complexity index is 555. The quantitative estimate of drug-likeness (QED) is 0.544. The van der Waals surface area contributed by atoms with Crippen molar-refractivity contribution in [2.24, 2.45) is 11.5 Å². The van der Waals surface area contributed by atoms with Crippen LogP contribution in [0.2, 0.25) is 0 Å². The molecule has 0 spiro atoms. The van der Waals surface area contributed by atoms with Crippen molar-refractivity contribution in [3.63, 3.8) is 0 Å². The molecule has 2 rings (SSSR count). The molecule has 1 atom stereocenters. The van der Waals surface area contributed by atoms with Crippen molar-refractivity contribution in [3.05, 3.63) is 59.2 Å². The molecule has 23 heavy (non-hydrogen) atoms. The van der Waals surface area contributed by atoms with Gasteiger partial charge in [-0.2, -0.15) is 0 Å². The largest absolute Gasteiger partial charge is 1.00 e. The van der Waals surface area contributed by atoms with E-state index >= 15 is 0 Å². The minimum atomic E-state index is 0. The molecule has 130 valence electrons. The van der Waals surface area contributed by atoms with Crippen LogP contribution in [0, 0.1) is 13.8 Å². The maximum atomic E-state index is 5.69. The van der Waals surface area contributed by atoms with Gasteiger partial charge in [0.2, 0.25) is 0 Å². The van der Waals surface area contributed by atoms with Gasteiger partial charge in [-0.15, -0.1) is 0 Å². The second kappa shape index (κ2) is 13.7. The van der Waals surface area contributed by atoms with Crippen LogP contribution >= 0.6 is 0 Å². The van der Waals surface area contributed by atoms with Crippen molar-refractivity contribution < 1.29 is 40.6 Å². The maximum Gasteiger partial charge on any atom is -1.00 e. The monoisotopic (exact) mass is 400 g/mol. The Hall–Kier alpha value is -0.694. The molecule has 0 saturated carbocycles. The van der Waals surface area contributed by atoms with Gasteiger partial charge in [-0.05, 0) is 19.1 Å². The van der Waals surface area contributed by atoms with E-state index < -0.39 is 0 Å². The summed E-state index contributed by atoms with van der Waals surface area (Å²) in [6, 6.07) is 11.9. The zero-order chi connectivity index (χ0) is 15.7. The third kappa shape index (κ3) is 10.7. The molecule has 2 aromatic rings. The summed E-state index contributed by atoms with van der Waals surface area (Å²) in [6.07, 6.45) is 0.762. The second-order valence-corrected chi connectivity index (χ2v) is 5.23. The van der Waals surface area contributed by atoms with Gasteiger partial charge in [-0.3, -0.25) is 4.98 Å². The molecule has 7 heteroatoms. The van der Waals surface area contributed by atoms with Gasteiger partial charge in [0.1, 0.15) is 0 Å². The number of rotatable bonds is 4. The fourth-order valence-electron chi connectivity index (χ4n) is 1.73. The van der Waals surface area contributed by atoms with E-state index in [1.807, 2.05) is 50.2 Å². The third-order valence-electron chi connectivity index (χ3n) is 2.79. The van der Waals surface area contributed by atoms with Gasteiger partial charge in [0.25, 0.3) is 0 Å². The molecule has 2 heterocycles. The molecule has 0 aliphatic carbocycles. The Morgan fingerprint density at radius 1 is 0.957 bits per heavy atom. The normalized spacial score (nSPS) is 10.5. The topological polar surface area (TPSA) is 77.8 Å². The van der Waals surface area contributed by atoms with Gasteiger partial charge >= 0.3 is 62.6 Å². The summed E-state index contributed by atoms with van der Waals surface area (Å²) in [4.78, 5) is 8.54. The van der Waals surface area contributed by atoms with E-state index in [0.29, 0.717) is 11.9 Å². The molecule has 0 bridgehead atoms. The number of nitrogens with two attached hydrogens (primary N) is 2. The number of hydrogen-bond donors (Lipinski definition) is 2. The smallest absolute Gasteiger partial charge is 1.00 e. The van der Waals surface area contributed by atoms with Gasteiger partial charge in [0, 0.05) is 30.4 Å². The van der Waals surface area contributed by atoms with Gasteiger partial charge in [0.05, 0.1) is 0 Å². The van der Waals surface area contributed by atoms with E-state index in [2.05, 4.69) is 25.7 Å². The first-order chi connectivity index (χ1) is 10.0. The van der Waals surface area contributed by atoms with Crippen LogP contribution < -0.4 is 36.3 Å². The molecule has 1 unspecified atom stereocenters. The van der Waals surface area contributed by atoms with Crippen molar-refractivity contribution in [1.82, 2.24) is 9.97 Å². The summed E-state index contributed by atoms with van der Waals surface area (Å²) >= 11 is 4.14. The van der Waals surface area contributed by atoms with E-state index in [1.165, 1.54) is 0 Å². The summed E-state index contributed by atoms with van der Waals surface area (Å²) in [7, 11) is 0. The van der Waals surface area contributed by atoms with E-state index in [9.17, 15) is 0 Å². The number of nitrogens with zero attached hydrogens (tertiary/aromatic N) is 2. The maximum absolute atomic E-state index is 5.69. The number of pyridine rings is 2. The van der Waals surface area contributed by atoms with Crippen LogP contribution in [0.4, 0.5) is 0 Å². The Morgan fingerprint density at radius 2 is 1.43 bits per heavy atom.